The van der Waals surface area contributed by atoms with Crippen LogP contribution in [0.5, 0.6) is 0 Å². The first-order valence-corrected chi connectivity index (χ1v) is 9.13. The van der Waals surface area contributed by atoms with Gasteiger partial charge in [0.25, 0.3) is 0 Å². The predicted octanol–water partition coefficient (Wildman–Crippen LogP) is 6.33. The Morgan fingerprint density at radius 3 is 2.61 bits per heavy atom. The van der Waals surface area contributed by atoms with Crippen LogP contribution in [-0.2, 0) is 19.3 Å². The fourth-order valence-corrected chi connectivity index (χ4v) is 3.72. The highest BCUT2D eigenvalue weighted by Crippen LogP contribution is 2.33. The summed E-state index contributed by atoms with van der Waals surface area (Å²) in [5, 5.41) is 0. The van der Waals surface area contributed by atoms with E-state index in [0.717, 1.165) is 0 Å². The minimum absolute atomic E-state index is 0.682. The highest BCUT2D eigenvalue weighted by molar-refractivity contribution is 5.51. The lowest BCUT2D eigenvalue weighted by molar-refractivity contribution is 0.584. The Balaban J connectivity index is 1.67. The maximum Gasteiger partial charge on any atom is -0.0118 e. The van der Waals surface area contributed by atoms with Crippen molar-refractivity contribution in [2.75, 3.05) is 0 Å². The third-order valence-electron chi connectivity index (χ3n) is 5.21. The summed E-state index contributed by atoms with van der Waals surface area (Å²) < 4.78 is 0. The predicted molar refractivity (Wildman–Crippen MR) is 101 cm³/mol. The molecule has 0 saturated heterocycles. The van der Waals surface area contributed by atoms with E-state index in [-0.39, 0.29) is 0 Å². The second-order valence-electron chi connectivity index (χ2n) is 6.87. The maximum absolute atomic E-state index is 3.88. The lowest BCUT2D eigenvalue weighted by Crippen LogP contribution is -2.13. The Kier molecular flexibility index (Phi) is 5.33. The molecule has 2 aromatic rings. The van der Waals surface area contributed by atoms with E-state index in [1.807, 2.05) is 6.08 Å². The zero-order valence-corrected chi connectivity index (χ0v) is 14.4. The molecule has 0 aliphatic heterocycles. The Morgan fingerprint density at radius 1 is 1.04 bits per heavy atom. The number of fused-ring (bicyclic) bond motifs is 1. The van der Waals surface area contributed by atoms with E-state index in [9.17, 15) is 0 Å². The van der Waals surface area contributed by atoms with Gasteiger partial charge in [-0.25, -0.2) is 0 Å². The molecule has 0 heteroatoms. The molecule has 0 N–H and O–H groups in total. The normalized spacial score (nSPS) is 16.8. The summed E-state index contributed by atoms with van der Waals surface area (Å²) in [4.78, 5) is 0. The first kappa shape index (κ1) is 16.1. The Morgan fingerprint density at radius 2 is 1.87 bits per heavy atom. The first-order valence-electron chi connectivity index (χ1n) is 9.13. The second-order valence-corrected chi connectivity index (χ2v) is 6.87. The smallest absolute Gasteiger partial charge is 0.0118 e. The van der Waals surface area contributed by atoms with Gasteiger partial charge in [0.05, 0.1) is 0 Å². The fourth-order valence-electron chi connectivity index (χ4n) is 3.72. The van der Waals surface area contributed by atoms with E-state index in [1.54, 1.807) is 0 Å². The van der Waals surface area contributed by atoms with Crippen molar-refractivity contribution in [3.63, 3.8) is 0 Å². The van der Waals surface area contributed by atoms with Gasteiger partial charge in [-0.05, 0) is 65.8 Å². The van der Waals surface area contributed by atoms with E-state index in [4.69, 9.17) is 0 Å². The van der Waals surface area contributed by atoms with Gasteiger partial charge in [-0.2, -0.15) is 0 Å². The Hall–Kier alpha value is -1.82. The largest absolute Gasteiger partial charge is 0.0985 e. The van der Waals surface area contributed by atoms with E-state index in [0.29, 0.717) is 5.92 Å². The van der Waals surface area contributed by atoms with Crippen LogP contribution in [-0.4, -0.2) is 0 Å². The standard InChI is InChI=1S/C23H28/c1-3-5-6-7-19-9-11-20(12-10-19)22-15-14-21-16-18(4-2)8-13-23(21)17-22/h4,8-13,16,22H,2-3,5-7,14-15,17H2,1H3. The molecule has 0 bridgehead atoms. The zero-order valence-electron chi connectivity index (χ0n) is 14.4. The number of hydrogen-bond donors (Lipinski definition) is 0. The molecule has 1 aliphatic rings. The molecule has 23 heavy (non-hydrogen) atoms. The van der Waals surface area contributed by atoms with Crippen LogP contribution in [0.25, 0.3) is 6.08 Å². The quantitative estimate of drug-likeness (QED) is 0.547. The summed E-state index contributed by atoms with van der Waals surface area (Å²) in [5.41, 5.74) is 7.31. The summed E-state index contributed by atoms with van der Waals surface area (Å²) in [7, 11) is 0. The van der Waals surface area contributed by atoms with Gasteiger partial charge in [0.2, 0.25) is 0 Å². The van der Waals surface area contributed by atoms with E-state index >= 15 is 0 Å². The molecular formula is C23H28. The Labute approximate surface area is 141 Å². The molecule has 0 fully saturated rings. The second kappa shape index (κ2) is 7.64. The van der Waals surface area contributed by atoms with Crippen LogP contribution in [0.2, 0.25) is 0 Å². The number of benzene rings is 2. The maximum atomic E-state index is 3.88. The summed E-state index contributed by atoms with van der Waals surface area (Å²) in [6, 6.07) is 16.3. The van der Waals surface area contributed by atoms with Crippen LogP contribution in [0.4, 0.5) is 0 Å². The summed E-state index contributed by atoms with van der Waals surface area (Å²) in [6.45, 7) is 6.14. The molecule has 1 aliphatic carbocycles. The van der Waals surface area contributed by atoms with Crippen LogP contribution < -0.4 is 0 Å². The minimum atomic E-state index is 0.682. The topological polar surface area (TPSA) is 0 Å². The monoisotopic (exact) mass is 304 g/mol. The van der Waals surface area contributed by atoms with Gasteiger partial charge in [-0.1, -0.05) is 74.9 Å². The van der Waals surface area contributed by atoms with Crippen molar-refractivity contribution in [3.8, 4) is 0 Å². The van der Waals surface area contributed by atoms with Crippen molar-refractivity contribution in [1.29, 1.82) is 0 Å². The van der Waals surface area contributed by atoms with Gasteiger partial charge in [0, 0.05) is 0 Å². The molecule has 0 heterocycles. The number of aryl methyl sites for hydroxylation is 2. The first-order chi connectivity index (χ1) is 11.3. The summed E-state index contributed by atoms with van der Waals surface area (Å²) >= 11 is 0. The number of hydrogen-bond acceptors (Lipinski definition) is 0. The number of unbranched alkanes of at least 4 members (excludes halogenated alkanes) is 2. The lowest BCUT2D eigenvalue weighted by Gasteiger charge is -2.25. The molecule has 0 saturated carbocycles. The lowest BCUT2D eigenvalue weighted by atomic mass is 9.79. The minimum Gasteiger partial charge on any atom is -0.0985 e. The summed E-state index contributed by atoms with van der Waals surface area (Å²) in [5.74, 6) is 0.682. The van der Waals surface area contributed by atoms with Crippen LogP contribution in [0.15, 0.2) is 49.0 Å². The molecule has 1 unspecified atom stereocenters. The van der Waals surface area contributed by atoms with E-state index in [2.05, 4.69) is 56.0 Å². The zero-order chi connectivity index (χ0) is 16.1. The van der Waals surface area contributed by atoms with Crippen molar-refractivity contribution in [2.45, 2.75) is 57.8 Å². The molecule has 0 radical (unpaired) electrons. The van der Waals surface area contributed by atoms with Gasteiger partial charge in [-0.3, -0.25) is 0 Å². The molecule has 1 atom stereocenters. The molecule has 0 nitrogen and oxygen atoms in total. The average Bonchev–Trinajstić information content (AvgIpc) is 2.61. The highest BCUT2D eigenvalue weighted by atomic mass is 14.2. The van der Waals surface area contributed by atoms with Crippen LogP contribution in [0, 0.1) is 0 Å². The van der Waals surface area contributed by atoms with Gasteiger partial charge in [0.15, 0.2) is 0 Å². The number of rotatable bonds is 6. The van der Waals surface area contributed by atoms with Crippen molar-refractivity contribution < 1.29 is 0 Å². The third-order valence-corrected chi connectivity index (χ3v) is 5.21. The molecule has 0 amide bonds. The van der Waals surface area contributed by atoms with Gasteiger partial charge in [0.1, 0.15) is 0 Å². The molecular weight excluding hydrogens is 276 g/mol. The highest BCUT2D eigenvalue weighted by Gasteiger charge is 2.20. The van der Waals surface area contributed by atoms with Gasteiger partial charge < -0.3 is 0 Å². The van der Waals surface area contributed by atoms with Gasteiger partial charge >= 0.3 is 0 Å². The molecule has 0 aromatic heterocycles. The van der Waals surface area contributed by atoms with Gasteiger partial charge in [-0.15, -0.1) is 0 Å². The van der Waals surface area contributed by atoms with E-state index < -0.39 is 0 Å². The van der Waals surface area contributed by atoms with Crippen LogP contribution >= 0.6 is 0 Å². The molecule has 0 spiro atoms. The Bertz CT molecular complexity index is 648. The van der Waals surface area contributed by atoms with Crippen molar-refractivity contribution in [2.24, 2.45) is 0 Å². The van der Waals surface area contributed by atoms with Crippen molar-refractivity contribution in [1.82, 2.24) is 0 Å². The molecule has 120 valence electrons. The van der Waals surface area contributed by atoms with Crippen molar-refractivity contribution in [3.05, 3.63) is 76.9 Å². The average molecular weight is 304 g/mol. The summed E-state index contributed by atoms with van der Waals surface area (Å²) in [6.07, 6.45) is 10.8. The third kappa shape index (κ3) is 3.93. The van der Waals surface area contributed by atoms with Crippen LogP contribution in [0.1, 0.15) is 66.3 Å². The fraction of sp³-hybridized carbons (Fsp3) is 0.391. The molecule has 2 aromatic carbocycles. The SMILES string of the molecule is C=Cc1ccc2c(c1)CCC(c1ccc(CCCCC)cc1)C2. The van der Waals surface area contributed by atoms with Crippen molar-refractivity contribution >= 4 is 6.08 Å². The molecule has 3 rings (SSSR count). The van der Waals surface area contributed by atoms with Crippen LogP contribution in [0.3, 0.4) is 0 Å². The van der Waals surface area contributed by atoms with E-state index in [1.165, 1.54) is 72.8 Å².